The summed E-state index contributed by atoms with van der Waals surface area (Å²) in [5.74, 6) is 0.702. The van der Waals surface area contributed by atoms with Crippen LogP contribution in [0.3, 0.4) is 0 Å². The molecule has 0 radical (unpaired) electrons. The van der Waals surface area contributed by atoms with Crippen LogP contribution in [0, 0.1) is 0 Å². The Kier molecular flexibility index (Phi) is 7.49. The summed E-state index contributed by atoms with van der Waals surface area (Å²) in [5.41, 5.74) is 11.9. The maximum absolute atomic E-state index is 5.14. The molecule has 234 valence electrons. The summed E-state index contributed by atoms with van der Waals surface area (Å²) in [6.07, 6.45) is 3.79. The van der Waals surface area contributed by atoms with E-state index >= 15 is 0 Å². The molecule has 7 aromatic carbocycles. The molecule has 0 aliphatic carbocycles. The van der Waals surface area contributed by atoms with E-state index < -0.39 is 0 Å². The van der Waals surface area contributed by atoms with Gasteiger partial charge < -0.3 is 0 Å². The third-order valence-electron chi connectivity index (χ3n) is 9.40. The molecule has 0 saturated heterocycles. The van der Waals surface area contributed by atoms with E-state index in [0.29, 0.717) is 5.82 Å². The Morgan fingerprint density at radius 2 is 0.800 bits per heavy atom. The van der Waals surface area contributed by atoms with Gasteiger partial charge in [-0.1, -0.05) is 164 Å². The third-order valence-corrected chi connectivity index (χ3v) is 9.40. The van der Waals surface area contributed by atoms with Crippen molar-refractivity contribution in [3.8, 4) is 67.3 Å². The van der Waals surface area contributed by atoms with Gasteiger partial charge in [-0.3, -0.25) is 4.98 Å². The number of fused-ring (bicyclic) bond motifs is 2. The lowest BCUT2D eigenvalue weighted by Crippen LogP contribution is -1.97. The van der Waals surface area contributed by atoms with Gasteiger partial charge in [0.25, 0.3) is 0 Å². The Bertz CT molecular complexity index is 2560. The van der Waals surface area contributed by atoms with Crippen molar-refractivity contribution in [3.63, 3.8) is 0 Å². The zero-order chi connectivity index (χ0) is 33.3. The van der Waals surface area contributed by atoms with Gasteiger partial charge in [0.15, 0.2) is 5.82 Å². The van der Waals surface area contributed by atoms with Crippen molar-refractivity contribution in [2.24, 2.45) is 0 Å². The van der Waals surface area contributed by atoms with E-state index in [1.165, 1.54) is 32.7 Å². The minimum absolute atomic E-state index is 0.702. The lowest BCUT2D eigenvalue weighted by atomic mass is 9.86. The van der Waals surface area contributed by atoms with Crippen molar-refractivity contribution in [1.29, 1.82) is 0 Å². The molecule has 50 heavy (non-hydrogen) atoms. The molecule has 0 unspecified atom stereocenters. The first-order valence-electron chi connectivity index (χ1n) is 16.9. The van der Waals surface area contributed by atoms with Crippen LogP contribution in [-0.4, -0.2) is 15.0 Å². The van der Waals surface area contributed by atoms with E-state index in [1.54, 1.807) is 0 Å². The Balaban J connectivity index is 1.21. The predicted molar refractivity (Wildman–Crippen MR) is 207 cm³/mol. The summed E-state index contributed by atoms with van der Waals surface area (Å²) < 4.78 is 0. The standard InChI is InChI=1S/C47H31N3/c1-3-14-32(15-4-1)37-19-7-8-20-38(37)44-30-43(49-47(50-44)35-16-5-2-6-17-35)33-25-27-34(28-26-33)45-39-21-9-11-23-41(39)46(36-18-13-29-48-31-36)42-24-12-10-22-40(42)45/h1-31H. The van der Waals surface area contributed by atoms with Gasteiger partial charge in [-0.2, -0.15) is 0 Å². The number of hydrogen-bond acceptors (Lipinski definition) is 3. The van der Waals surface area contributed by atoms with Gasteiger partial charge in [0, 0.05) is 34.6 Å². The molecular formula is C47H31N3. The number of aromatic nitrogens is 3. The molecule has 3 heteroatoms. The fraction of sp³-hybridized carbons (Fsp3) is 0. The maximum Gasteiger partial charge on any atom is 0.160 e. The van der Waals surface area contributed by atoms with Gasteiger partial charge >= 0.3 is 0 Å². The molecule has 2 aromatic heterocycles. The topological polar surface area (TPSA) is 38.7 Å². The van der Waals surface area contributed by atoms with E-state index in [4.69, 9.17) is 9.97 Å². The molecule has 0 spiro atoms. The van der Waals surface area contributed by atoms with E-state index in [-0.39, 0.29) is 0 Å². The minimum Gasteiger partial charge on any atom is -0.264 e. The highest BCUT2D eigenvalue weighted by Crippen LogP contribution is 2.44. The summed E-state index contributed by atoms with van der Waals surface area (Å²) in [7, 11) is 0. The Labute approximate surface area is 291 Å². The number of hydrogen-bond donors (Lipinski definition) is 0. The molecule has 0 fully saturated rings. The zero-order valence-corrected chi connectivity index (χ0v) is 27.2. The van der Waals surface area contributed by atoms with Crippen molar-refractivity contribution in [2.45, 2.75) is 0 Å². The van der Waals surface area contributed by atoms with Gasteiger partial charge in [0.1, 0.15) is 0 Å². The molecular weight excluding hydrogens is 607 g/mol. The third kappa shape index (κ3) is 5.32. The number of nitrogens with zero attached hydrogens (tertiary/aromatic N) is 3. The molecule has 0 N–H and O–H groups in total. The predicted octanol–water partition coefficient (Wildman–Crippen LogP) is 12.2. The van der Waals surface area contributed by atoms with E-state index in [2.05, 4.69) is 151 Å². The van der Waals surface area contributed by atoms with Gasteiger partial charge in [-0.05, 0) is 61.5 Å². The lowest BCUT2D eigenvalue weighted by molar-refractivity contribution is 1.18. The van der Waals surface area contributed by atoms with E-state index in [1.807, 2.05) is 42.7 Å². The average Bonchev–Trinajstić information content (AvgIpc) is 3.21. The fourth-order valence-corrected chi connectivity index (χ4v) is 7.09. The minimum atomic E-state index is 0.702. The summed E-state index contributed by atoms with van der Waals surface area (Å²) in [4.78, 5) is 14.7. The number of rotatable bonds is 6. The first kappa shape index (κ1) is 29.4. The first-order chi connectivity index (χ1) is 24.8. The molecule has 0 aliphatic heterocycles. The van der Waals surface area contributed by atoms with Crippen LogP contribution >= 0.6 is 0 Å². The lowest BCUT2D eigenvalue weighted by Gasteiger charge is -2.17. The van der Waals surface area contributed by atoms with Crippen LogP contribution in [0.4, 0.5) is 0 Å². The van der Waals surface area contributed by atoms with Crippen molar-refractivity contribution in [3.05, 3.63) is 188 Å². The van der Waals surface area contributed by atoms with Crippen molar-refractivity contribution in [2.75, 3.05) is 0 Å². The Morgan fingerprint density at radius 3 is 1.40 bits per heavy atom. The molecule has 0 atom stereocenters. The van der Waals surface area contributed by atoms with Crippen LogP contribution in [0.1, 0.15) is 0 Å². The van der Waals surface area contributed by atoms with Crippen LogP contribution in [0.25, 0.3) is 88.8 Å². The van der Waals surface area contributed by atoms with Crippen LogP contribution in [0.5, 0.6) is 0 Å². The normalized spacial score (nSPS) is 11.2. The molecule has 0 bridgehead atoms. The number of pyridine rings is 1. The highest BCUT2D eigenvalue weighted by Gasteiger charge is 2.18. The average molecular weight is 638 g/mol. The molecule has 0 amide bonds. The van der Waals surface area contributed by atoms with Gasteiger partial charge in [0.2, 0.25) is 0 Å². The number of benzene rings is 7. The highest BCUT2D eigenvalue weighted by atomic mass is 14.9. The van der Waals surface area contributed by atoms with Crippen LogP contribution in [-0.2, 0) is 0 Å². The first-order valence-corrected chi connectivity index (χ1v) is 16.9. The van der Waals surface area contributed by atoms with Crippen LogP contribution in [0.15, 0.2) is 188 Å². The van der Waals surface area contributed by atoms with Crippen LogP contribution < -0.4 is 0 Å². The highest BCUT2D eigenvalue weighted by molar-refractivity contribution is 6.21. The molecule has 9 rings (SSSR count). The molecule has 0 aliphatic rings. The molecule has 2 heterocycles. The largest absolute Gasteiger partial charge is 0.264 e. The quantitative estimate of drug-likeness (QED) is 0.170. The van der Waals surface area contributed by atoms with Crippen molar-refractivity contribution >= 4 is 21.5 Å². The second-order valence-electron chi connectivity index (χ2n) is 12.4. The molecule has 0 saturated carbocycles. The van der Waals surface area contributed by atoms with Crippen molar-refractivity contribution in [1.82, 2.24) is 15.0 Å². The Hall–Kier alpha value is -6.71. The Morgan fingerprint density at radius 1 is 0.320 bits per heavy atom. The van der Waals surface area contributed by atoms with E-state index in [9.17, 15) is 0 Å². The van der Waals surface area contributed by atoms with Crippen LogP contribution in [0.2, 0.25) is 0 Å². The zero-order valence-electron chi connectivity index (χ0n) is 27.2. The van der Waals surface area contributed by atoms with Crippen molar-refractivity contribution < 1.29 is 0 Å². The fourth-order valence-electron chi connectivity index (χ4n) is 7.09. The maximum atomic E-state index is 5.14. The monoisotopic (exact) mass is 637 g/mol. The van der Waals surface area contributed by atoms with Gasteiger partial charge in [-0.15, -0.1) is 0 Å². The molecule has 9 aromatic rings. The SMILES string of the molecule is c1ccc(-c2nc(-c3ccc(-c4c5ccccc5c(-c5cccnc5)c5ccccc45)cc3)cc(-c3ccccc3-c3ccccc3)n2)cc1. The molecule has 3 nitrogen and oxygen atoms in total. The summed E-state index contributed by atoms with van der Waals surface area (Å²) >= 11 is 0. The summed E-state index contributed by atoms with van der Waals surface area (Å²) in [6.45, 7) is 0. The second-order valence-corrected chi connectivity index (χ2v) is 12.4. The summed E-state index contributed by atoms with van der Waals surface area (Å²) in [5, 5.41) is 4.85. The van der Waals surface area contributed by atoms with E-state index in [0.717, 1.165) is 50.3 Å². The summed E-state index contributed by atoms with van der Waals surface area (Å²) in [6, 6.07) is 61.7. The van der Waals surface area contributed by atoms with Gasteiger partial charge in [-0.25, -0.2) is 9.97 Å². The van der Waals surface area contributed by atoms with Gasteiger partial charge in [0.05, 0.1) is 11.4 Å². The second kappa shape index (κ2) is 12.7. The smallest absolute Gasteiger partial charge is 0.160 e.